The fourth-order valence-electron chi connectivity index (χ4n) is 4.85. The van der Waals surface area contributed by atoms with Crippen LogP contribution in [0.2, 0.25) is 0 Å². The average molecular weight is 467 g/mol. The smallest absolute Gasteiger partial charge is 0.262 e. The van der Waals surface area contributed by atoms with Gasteiger partial charge in [0.15, 0.2) is 11.6 Å². The summed E-state index contributed by atoms with van der Waals surface area (Å²) in [6.45, 7) is 1.68. The molecule has 1 N–H and O–H groups in total. The first kappa shape index (κ1) is 22.3. The van der Waals surface area contributed by atoms with Gasteiger partial charge in [0.2, 0.25) is 0 Å². The maximum Gasteiger partial charge on any atom is 0.262 e. The zero-order chi connectivity index (χ0) is 23.9. The third-order valence-corrected chi connectivity index (χ3v) is 6.61. The first-order valence-electron chi connectivity index (χ1n) is 11.1. The van der Waals surface area contributed by atoms with E-state index in [1.807, 2.05) is 12.1 Å². The molecule has 5 nitrogen and oxygen atoms in total. The van der Waals surface area contributed by atoms with E-state index in [0.29, 0.717) is 60.7 Å². The Morgan fingerprint density at radius 1 is 0.941 bits per heavy atom. The van der Waals surface area contributed by atoms with Crippen molar-refractivity contribution in [1.29, 1.82) is 0 Å². The molecule has 2 heterocycles. The van der Waals surface area contributed by atoms with Gasteiger partial charge in [-0.15, -0.1) is 0 Å². The number of hydrogen-bond donors (Lipinski definition) is 1. The number of methoxy groups -OCH3 is 1. The standard InChI is InChI=1S/C26H24F3N3O2/c1-34-20-6-4-19(5-7-20)32-25(33)21-8-3-18(27)15-24(21)30-26(32)10-12-31(13-11-26)16-17-2-9-22(28)23(29)14-17/h2-9,14-15,30H,10-13,16H2,1H3. The van der Waals surface area contributed by atoms with E-state index in [2.05, 4.69) is 10.2 Å². The molecule has 0 bridgehead atoms. The monoisotopic (exact) mass is 467 g/mol. The molecular formula is C26H24F3N3O2. The molecule has 1 saturated heterocycles. The van der Waals surface area contributed by atoms with Gasteiger partial charge in [0.05, 0.1) is 18.4 Å². The molecule has 34 heavy (non-hydrogen) atoms. The van der Waals surface area contributed by atoms with Gasteiger partial charge in [0, 0.05) is 38.2 Å². The number of fused-ring (bicyclic) bond motifs is 1. The highest BCUT2D eigenvalue weighted by Gasteiger charge is 2.47. The van der Waals surface area contributed by atoms with E-state index in [0.717, 1.165) is 6.07 Å². The van der Waals surface area contributed by atoms with Gasteiger partial charge in [-0.3, -0.25) is 14.6 Å². The first-order valence-corrected chi connectivity index (χ1v) is 11.1. The summed E-state index contributed by atoms with van der Waals surface area (Å²) >= 11 is 0. The van der Waals surface area contributed by atoms with Gasteiger partial charge < -0.3 is 10.1 Å². The van der Waals surface area contributed by atoms with E-state index >= 15 is 0 Å². The number of hydrogen-bond acceptors (Lipinski definition) is 4. The maximum atomic E-state index is 14.0. The van der Waals surface area contributed by atoms with Crippen molar-refractivity contribution in [3.63, 3.8) is 0 Å². The number of benzene rings is 3. The number of amides is 1. The van der Waals surface area contributed by atoms with Gasteiger partial charge in [-0.25, -0.2) is 13.2 Å². The molecule has 176 valence electrons. The van der Waals surface area contributed by atoms with Crippen molar-refractivity contribution in [3.05, 3.63) is 89.2 Å². The molecule has 0 atom stereocenters. The van der Waals surface area contributed by atoms with Crippen LogP contribution < -0.4 is 15.0 Å². The number of ether oxygens (including phenoxy) is 1. The number of carbonyl (C=O) groups excluding carboxylic acids is 1. The lowest BCUT2D eigenvalue weighted by atomic mass is 9.89. The van der Waals surface area contributed by atoms with Crippen LogP contribution >= 0.6 is 0 Å². The van der Waals surface area contributed by atoms with E-state index in [1.54, 1.807) is 30.2 Å². The molecular weight excluding hydrogens is 443 g/mol. The summed E-state index contributed by atoms with van der Waals surface area (Å²) in [7, 11) is 1.58. The Morgan fingerprint density at radius 3 is 2.35 bits per heavy atom. The zero-order valence-corrected chi connectivity index (χ0v) is 18.7. The van der Waals surface area contributed by atoms with E-state index in [-0.39, 0.29) is 5.91 Å². The Labute approximate surface area is 195 Å². The maximum absolute atomic E-state index is 14.0. The minimum Gasteiger partial charge on any atom is -0.497 e. The Bertz CT molecular complexity index is 1220. The normalized spacial score (nSPS) is 17.4. The second-order valence-electron chi connectivity index (χ2n) is 8.71. The number of carbonyl (C=O) groups is 1. The average Bonchev–Trinajstić information content (AvgIpc) is 2.83. The van der Waals surface area contributed by atoms with Crippen molar-refractivity contribution in [2.45, 2.75) is 25.0 Å². The second-order valence-corrected chi connectivity index (χ2v) is 8.71. The van der Waals surface area contributed by atoms with Crippen molar-refractivity contribution < 1.29 is 22.7 Å². The second kappa shape index (κ2) is 8.68. The Balaban J connectivity index is 1.44. The lowest BCUT2D eigenvalue weighted by molar-refractivity contribution is 0.0904. The number of nitrogens with one attached hydrogen (secondary N) is 1. The molecule has 3 aromatic rings. The lowest BCUT2D eigenvalue weighted by Crippen LogP contribution is -2.64. The third kappa shape index (κ3) is 3.98. The molecule has 0 aromatic heterocycles. The summed E-state index contributed by atoms with van der Waals surface area (Å²) in [5.41, 5.74) is 1.52. The van der Waals surface area contributed by atoms with Crippen molar-refractivity contribution in [2.24, 2.45) is 0 Å². The van der Waals surface area contributed by atoms with Crippen LogP contribution in [0.3, 0.4) is 0 Å². The minimum atomic E-state index is -0.868. The van der Waals surface area contributed by atoms with Crippen LogP contribution in [0, 0.1) is 17.5 Å². The molecule has 0 saturated carbocycles. The van der Waals surface area contributed by atoms with Gasteiger partial charge in [0.1, 0.15) is 17.2 Å². The highest BCUT2D eigenvalue weighted by molar-refractivity contribution is 6.12. The Morgan fingerprint density at radius 2 is 1.68 bits per heavy atom. The Kier molecular flexibility index (Phi) is 5.69. The fraction of sp³-hybridized carbons (Fsp3) is 0.269. The van der Waals surface area contributed by atoms with Crippen LogP contribution in [0.4, 0.5) is 24.5 Å². The summed E-state index contributed by atoms with van der Waals surface area (Å²) in [5.74, 6) is -1.67. The van der Waals surface area contributed by atoms with E-state index in [9.17, 15) is 18.0 Å². The SMILES string of the molecule is COc1ccc(N2C(=O)c3ccc(F)cc3NC23CCN(Cc2ccc(F)c(F)c2)CC3)cc1. The van der Waals surface area contributed by atoms with E-state index < -0.39 is 23.1 Å². The van der Waals surface area contributed by atoms with Crippen LogP contribution in [0.15, 0.2) is 60.7 Å². The summed E-state index contributed by atoms with van der Waals surface area (Å²) in [6.07, 6.45) is 1.12. The zero-order valence-electron chi connectivity index (χ0n) is 18.7. The minimum absolute atomic E-state index is 0.201. The van der Waals surface area contributed by atoms with Crippen LogP contribution in [0.25, 0.3) is 0 Å². The van der Waals surface area contributed by atoms with Gasteiger partial charge in [0.25, 0.3) is 5.91 Å². The quantitative estimate of drug-likeness (QED) is 0.575. The Hall–Kier alpha value is -3.52. The summed E-state index contributed by atoms with van der Waals surface area (Å²) in [5, 5.41) is 3.46. The molecule has 1 spiro atoms. The van der Waals surface area contributed by atoms with Crippen LogP contribution in [-0.4, -0.2) is 36.7 Å². The highest BCUT2D eigenvalue weighted by atomic mass is 19.2. The number of piperidine rings is 1. The number of rotatable bonds is 4. The topological polar surface area (TPSA) is 44.8 Å². The predicted molar refractivity (Wildman–Crippen MR) is 123 cm³/mol. The molecule has 3 aromatic carbocycles. The number of nitrogens with zero attached hydrogens (tertiary/aromatic N) is 2. The van der Waals surface area contributed by atoms with Crippen molar-refractivity contribution in [3.8, 4) is 5.75 Å². The summed E-state index contributed by atoms with van der Waals surface area (Å²) < 4.78 is 46.2. The molecule has 0 aliphatic carbocycles. The number of likely N-dealkylation sites (tertiary alicyclic amines) is 1. The molecule has 2 aliphatic heterocycles. The molecule has 2 aliphatic rings. The summed E-state index contributed by atoms with van der Waals surface area (Å²) in [6, 6.07) is 15.3. The molecule has 0 radical (unpaired) electrons. The third-order valence-electron chi connectivity index (χ3n) is 6.61. The summed E-state index contributed by atoms with van der Waals surface area (Å²) in [4.78, 5) is 17.5. The van der Waals surface area contributed by atoms with Crippen LogP contribution in [0.1, 0.15) is 28.8 Å². The van der Waals surface area contributed by atoms with Gasteiger partial charge in [-0.05, 0) is 60.2 Å². The van der Waals surface area contributed by atoms with Crippen molar-refractivity contribution in [1.82, 2.24) is 4.90 Å². The fourth-order valence-corrected chi connectivity index (χ4v) is 4.85. The van der Waals surface area contributed by atoms with Gasteiger partial charge >= 0.3 is 0 Å². The molecule has 8 heteroatoms. The van der Waals surface area contributed by atoms with Crippen molar-refractivity contribution in [2.75, 3.05) is 30.4 Å². The molecule has 5 rings (SSSR count). The van der Waals surface area contributed by atoms with Crippen molar-refractivity contribution >= 4 is 17.3 Å². The van der Waals surface area contributed by atoms with Crippen LogP contribution in [-0.2, 0) is 6.54 Å². The van der Waals surface area contributed by atoms with Gasteiger partial charge in [-0.2, -0.15) is 0 Å². The highest BCUT2D eigenvalue weighted by Crippen LogP contribution is 2.41. The first-order chi connectivity index (χ1) is 16.4. The van der Waals surface area contributed by atoms with Gasteiger partial charge in [-0.1, -0.05) is 6.07 Å². The molecule has 1 amide bonds. The number of anilines is 2. The van der Waals surface area contributed by atoms with E-state index in [4.69, 9.17) is 4.74 Å². The number of halogens is 3. The molecule has 1 fully saturated rings. The predicted octanol–water partition coefficient (Wildman–Crippen LogP) is 5.18. The molecule has 0 unspecified atom stereocenters. The lowest BCUT2D eigenvalue weighted by Gasteiger charge is -2.52. The largest absolute Gasteiger partial charge is 0.497 e. The van der Waals surface area contributed by atoms with E-state index in [1.165, 1.54) is 24.3 Å². The van der Waals surface area contributed by atoms with Crippen LogP contribution in [0.5, 0.6) is 5.75 Å².